The molecule has 0 unspecified atom stereocenters. The fourth-order valence-electron chi connectivity index (χ4n) is 1.64. The van der Waals surface area contributed by atoms with Crippen molar-refractivity contribution in [2.75, 3.05) is 6.54 Å². The van der Waals surface area contributed by atoms with Crippen LogP contribution in [0.1, 0.15) is 32.0 Å². The molecule has 0 aliphatic rings. The van der Waals surface area contributed by atoms with Crippen molar-refractivity contribution in [3.8, 4) is 0 Å². The van der Waals surface area contributed by atoms with Gasteiger partial charge in [0.25, 0.3) is 5.91 Å². The first-order valence-electron chi connectivity index (χ1n) is 6.09. The van der Waals surface area contributed by atoms with Gasteiger partial charge < -0.3 is 9.73 Å². The molecule has 2 rings (SSSR count). The molecule has 0 aliphatic heterocycles. The Hall–Kier alpha value is -2.48. The third kappa shape index (κ3) is 3.76. The predicted molar refractivity (Wildman–Crippen MR) is 75.7 cm³/mol. The lowest BCUT2D eigenvalue weighted by atomic mass is 10.3. The summed E-state index contributed by atoms with van der Waals surface area (Å²) < 4.78 is 4.79. The van der Waals surface area contributed by atoms with Crippen LogP contribution in [0.2, 0.25) is 0 Å². The van der Waals surface area contributed by atoms with E-state index in [9.17, 15) is 19.7 Å². The molecule has 8 heteroatoms. The van der Waals surface area contributed by atoms with Crippen molar-refractivity contribution in [3.05, 3.63) is 49.9 Å². The van der Waals surface area contributed by atoms with Crippen LogP contribution in [0.15, 0.2) is 28.7 Å². The molecule has 0 aromatic carbocycles. The molecule has 0 radical (unpaired) electrons. The number of amides is 1. The smallest absolute Gasteiger partial charge is 0.395 e. The average molecular weight is 308 g/mol. The van der Waals surface area contributed by atoms with Gasteiger partial charge in [-0.25, -0.2) is 0 Å². The number of rotatable bonds is 6. The van der Waals surface area contributed by atoms with Crippen molar-refractivity contribution < 1.29 is 18.9 Å². The number of nitrogens with zero attached hydrogens (tertiary/aromatic N) is 1. The van der Waals surface area contributed by atoms with Crippen molar-refractivity contribution in [1.29, 1.82) is 0 Å². The number of hydrogen-bond acceptors (Lipinski definition) is 6. The summed E-state index contributed by atoms with van der Waals surface area (Å²) in [7, 11) is 0. The van der Waals surface area contributed by atoms with Gasteiger partial charge in [-0.3, -0.25) is 19.7 Å². The lowest BCUT2D eigenvalue weighted by Crippen LogP contribution is -2.25. The lowest BCUT2D eigenvalue weighted by molar-refractivity contribution is -0.402. The van der Waals surface area contributed by atoms with E-state index in [2.05, 4.69) is 5.32 Å². The Morgan fingerprint density at radius 2 is 2.10 bits per heavy atom. The molecule has 2 aromatic rings. The van der Waals surface area contributed by atoms with Gasteiger partial charge in [-0.15, -0.1) is 11.3 Å². The van der Waals surface area contributed by atoms with Gasteiger partial charge >= 0.3 is 5.88 Å². The molecule has 0 spiro atoms. The van der Waals surface area contributed by atoms with Crippen LogP contribution in [-0.2, 0) is 6.42 Å². The SMILES string of the molecule is CC(=O)c1ccc(CCNC(=O)c2ccc([N+](=O)[O-])o2)s1. The monoisotopic (exact) mass is 308 g/mol. The maximum Gasteiger partial charge on any atom is 0.433 e. The van der Waals surface area contributed by atoms with Gasteiger partial charge in [0, 0.05) is 11.4 Å². The van der Waals surface area contributed by atoms with E-state index in [1.165, 1.54) is 24.3 Å². The number of thiophene rings is 1. The largest absolute Gasteiger partial charge is 0.433 e. The summed E-state index contributed by atoms with van der Waals surface area (Å²) in [5.74, 6) is -1.06. The first kappa shape index (κ1) is 14.9. The normalized spacial score (nSPS) is 10.3. The zero-order valence-corrected chi connectivity index (χ0v) is 11.9. The number of hydrogen-bond donors (Lipinski definition) is 1. The highest BCUT2D eigenvalue weighted by molar-refractivity contribution is 7.14. The van der Waals surface area contributed by atoms with Crippen LogP contribution in [-0.4, -0.2) is 23.2 Å². The Bertz CT molecular complexity index is 688. The molecule has 0 aliphatic carbocycles. The van der Waals surface area contributed by atoms with Gasteiger partial charge in [-0.05, 0) is 31.5 Å². The molecule has 0 atom stereocenters. The number of nitrogens with one attached hydrogen (secondary N) is 1. The molecule has 0 saturated carbocycles. The van der Waals surface area contributed by atoms with Gasteiger partial charge in [0.15, 0.2) is 11.5 Å². The number of carbonyl (C=O) groups is 2. The molecule has 1 amide bonds. The Morgan fingerprint density at radius 3 is 2.67 bits per heavy atom. The highest BCUT2D eigenvalue weighted by Gasteiger charge is 2.16. The molecule has 0 fully saturated rings. The number of nitro groups is 1. The third-order valence-electron chi connectivity index (χ3n) is 2.66. The van der Waals surface area contributed by atoms with Crippen molar-refractivity contribution >= 4 is 28.9 Å². The third-order valence-corrected chi connectivity index (χ3v) is 3.91. The minimum Gasteiger partial charge on any atom is -0.395 e. The van der Waals surface area contributed by atoms with Crippen molar-refractivity contribution in [2.45, 2.75) is 13.3 Å². The highest BCUT2D eigenvalue weighted by Crippen LogP contribution is 2.18. The van der Waals surface area contributed by atoms with Gasteiger partial charge in [0.1, 0.15) is 4.92 Å². The molecule has 2 aromatic heterocycles. The van der Waals surface area contributed by atoms with E-state index in [1.807, 2.05) is 6.07 Å². The van der Waals surface area contributed by atoms with Crippen LogP contribution >= 0.6 is 11.3 Å². The molecular weight excluding hydrogens is 296 g/mol. The Kier molecular flexibility index (Phi) is 4.49. The first-order chi connectivity index (χ1) is 9.97. The number of ketones is 1. The molecule has 7 nitrogen and oxygen atoms in total. The van der Waals surface area contributed by atoms with Gasteiger partial charge in [-0.2, -0.15) is 0 Å². The van der Waals surface area contributed by atoms with Crippen LogP contribution in [0.5, 0.6) is 0 Å². The first-order valence-corrected chi connectivity index (χ1v) is 6.91. The second-order valence-corrected chi connectivity index (χ2v) is 5.39. The zero-order valence-electron chi connectivity index (χ0n) is 11.1. The molecule has 21 heavy (non-hydrogen) atoms. The molecule has 0 saturated heterocycles. The molecular formula is C13H12N2O5S. The number of carbonyl (C=O) groups excluding carboxylic acids is 2. The number of Topliss-reactive ketones (excluding diaryl/α,β-unsaturated/α-hetero) is 1. The van der Waals surface area contributed by atoms with E-state index < -0.39 is 16.7 Å². The van der Waals surface area contributed by atoms with Gasteiger partial charge in [0.2, 0.25) is 0 Å². The number of furan rings is 1. The maximum atomic E-state index is 11.7. The zero-order chi connectivity index (χ0) is 15.4. The summed E-state index contributed by atoms with van der Waals surface area (Å²) in [4.78, 5) is 34.3. The van der Waals surface area contributed by atoms with E-state index in [0.29, 0.717) is 17.8 Å². The lowest BCUT2D eigenvalue weighted by Gasteiger charge is -2.01. The fraction of sp³-hybridized carbons (Fsp3) is 0.231. The molecule has 1 N–H and O–H groups in total. The highest BCUT2D eigenvalue weighted by atomic mass is 32.1. The van der Waals surface area contributed by atoms with Crippen molar-refractivity contribution in [3.63, 3.8) is 0 Å². The van der Waals surface area contributed by atoms with E-state index in [1.54, 1.807) is 6.07 Å². The van der Waals surface area contributed by atoms with Crippen LogP contribution in [0.4, 0.5) is 5.88 Å². The van der Waals surface area contributed by atoms with Crippen LogP contribution in [0.3, 0.4) is 0 Å². The van der Waals surface area contributed by atoms with Crippen molar-refractivity contribution in [1.82, 2.24) is 5.32 Å². The fourth-order valence-corrected chi connectivity index (χ4v) is 2.54. The summed E-state index contributed by atoms with van der Waals surface area (Å²) in [6.07, 6.45) is 0.576. The summed E-state index contributed by atoms with van der Waals surface area (Å²) in [6.45, 7) is 1.85. The van der Waals surface area contributed by atoms with E-state index >= 15 is 0 Å². The summed E-state index contributed by atoms with van der Waals surface area (Å²) in [5.41, 5.74) is 0. The summed E-state index contributed by atoms with van der Waals surface area (Å²) in [6, 6.07) is 5.98. The molecule has 2 heterocycles. The topological polar surface area (TPSA) is 102 Å². The van der Waals surface area contributed by atoms with Crippen molar-refractivity contribution in [2.24, 2.45) is 0 Å². The minimum atomic E-state index is -0.703. The minimum absolute atomic E-state index is 0.0122. The summed E-state index contributed by atoms with van der Waals surface area (Å²) >= 11 is 1.38. The van der Waals surface area contributed by atoms with Crippen LogP contribution in [0, 0.1) is 10.1 Å². The molecule has 110 valence electrons. The Labute approximate surface area is 123 Å². The average Bonchev–Trinajstić information content (AvgIpc) is 3.07. The van der Waals surface area contributed by atoms with E-state index in [0.717, 1.165) is 10.9 Å². The van der Waals surface area contributed by atoms with Gasteiger partial charge in [-0.1, -0.05) is 0 Å². The van der Waals surface area contributed by atoms with Gasteiger partial charge in [0.05, 0.1) is 10.9 Å². The second-order valence-electron chi connectivity index (χ2n) is 4.22. The quantitative estimate of drug-likeness (QED) is 0.501. The Morgan fingerprint density at radius 1 is 1.33 bits per heavy atom. The predicted octanol–water partition coefficient (Wildman–Crippen LogP) is 2.42. The maximum absolute atomic E-state index is 11.7. The standard InChI is InChI=1S/C13H12N2O5S/c1-8(16)11-4-2-9(21-11)6-7-14-13(17)10-3-5-12(20-10)15(18)19/h2-5H,6-7H2,1H3,(H,14,17). The molecule has 0 bridgehead atoms. The Balaban J connectivity index is 1.85. The van der Waals surface area contributed by atoms with E-state index in [-0.39, 0.29) is 11.5 Å². The van der Waals surface area contributed by atoms with Crippen LogP contribution in [0.25, 0.3) is 0 Å². The van der Waals surface area contributed by atoms with E-state index in [4.69, 9.17) is 4.42 Å². The second kappa shape index (κ2) is 6.31. The summed E-state index contributed by atoms with van der Waals surface area (Å²) in [5, 5.41) is 13.1. The van der Waals surface area contributed by atoms with Crippen LogP contribution < -0.4 is 5.32 Å².